The van der Waals surface area contributed by atoms with Crippen LogP contribution in [0.4, 0.5) is 5.69 Å². The van der Waals surface area contributed by atoms with Gasteiger partial charge in [-0.1, -0.05) is 12.1 Å². The van der Waals surface area contributed by atoms with E-state index in [0.29, 0.717) is 19.6 Å². The summed E-state index contributed by atoms with van der Waals surface area (Å²) in [6.45, 7) is 3.00. The standard InChI is InChI=1S/C12H18N2O3/c1-2-17-11-6-4-3-5-10(11)14-8-7-9(13)12(15)16/h3-6,9,14H,2,7-8,13H2,1H3,(H,15,16). The minimum absolute atomic E-state index is 0.371. The normalized spacial score (nSPS) is 11.9. The van der Waals surface area contributed by atoms with Crippen molar-refractivity contribution in [2.75, 3.05) is 18.5 Å². The van der Waals surface area contributed by atoms with Crippen molar-refractivity contribution in [2.24, 2.45) is 5.73 Å². The SMILES string of the molecule is CCOc1ccccc1NCCC(N)C(=O)O. The number of carboxylic acids is 1. The highest BCUT2D eigenvalue weighted by Crippen LogP contribution is 2.23. The maximum absolute atomic E-state index is 10.5. The number of hydrogen-bond donors (Lipinski definition) is 3. The van der Waals surface area contributed by atoms with E-state index in [9.17, 15) is 4.79 Å². The third kappa shape index (κ3) is 4.32. The second-order valence-corrected chi connectivity index (χ2v) is 3.59. The molecule has 5 nitrogen and oxygen atoms in total. The fraction of sp³-hybridized carbons (Fsp3) is 0.417. The quantitative estimate of drug-likeness (QED) is 0.666. The molecule has 0 saturated heterocycles. The van der Waals surface area contributed by atoms with E-state index < -0.39 is 12.0 Å². The Morgan fingerprint density at radius 2 is 2.24 bits per heavy atom. The molecule has 1 rings (SSSR count). The van der Waals surface area contributed by atoms with Gasteiger partial charge in [-0.05, 0) is 25.5 Å². The summed E-state index contributed by atoms with van der Waals surface area (Å²) in [6.07, 6.45) is 0.371. The minimum Gasteiger partial charge on any atom is -0.492 e. The average Bonchev–Trinajstić information content (AvgIpc) is 2.31. The summed E-state index contributed by atoms with van der Waals surface area (Å²) >= 11 is 0. The van der Waals surface area contributed by atoms with Crippen molar-refractivity contribution in [3.8, 4) is 5.75 Å². The first-order valence-corrected chi connectivity index (χ1v) is 5.59. The number of nitrogens with two attached hydrogens (primary N) is 1. The van der Waals surface area contributed by atoms with Crippen LogP contribution in [-0.2, 0) is 4.79 Å². The lowest BCUT2D eigenvalue weighted by Crippen LogP contribution is -2.32. The molecule has 0 aromatic heterocycles. The van der Waals surface area contributed by atoms with Crippen LogP contribution in [0.2, 0.25) is 0 Å². The third-order valence-corrected chi connectivity index (χ3v) is 2.27. The fourth-order valence-corrected chi connectivity index (χ4v) is 1.38. The van der Waals surface area contributed by atoms with Gasteiger partial charge in [0.15, 0.2) is 0 Å². The van der Waals surface area contributed by atoms with E-state index in [1.54, 1.807) is 0 Å². The van der Waals surface area contributed by atoms with Crippen LogP contribution >= 0.6 is 0 Å². The van der Waals surface area contributed by atoms with E-state index in [0.717, 1.165) is 11.4 Å². The maximum Gasteiger partial charge on any atom is 0.320 e. The molecule has 0 spiro atoms. The van der Waals surface area contributed by atoms with Crippen LogP contribution < -0.4 is 15.8 Å². The van der Waals surface area contributed by atoms with E-state index in [-0.39, 0.29) is 0 Å². The number of para-hydroxylation sites is 2. The molecule has 0 aliphatic heterocycles. The minimum atomic E-state index is -0.982. The van der Waals surface area contributed by atoms with Crippen molar-refractivity contribution in [3.05, 3.63) is 24.3 Å². The van der Waals surface area contributed by atoms with Crippen molar-refractivity contribution < 1.29 is 14.6 Å². The van der Waals surface area contributed by atoms with Crippen LogP contribution in [-0.4, -0.2) is 30.3 Å². The molecule has 1 atom stereocenters. The van der Waals surface area contributed by atoms with Gasteiger partial charge in [-0.3, -0.25) is 4.79 Å². The summed E-state index contributed by atoms with van der Waals surface area (Å²) in [7, 11) is 0. The van der Waals surface area contributed by atoms with Gasteiger partial charge in [0.2, 0.25) is 0 Å². The summed E-state index contributed by atoms with van der Waals surface area (Å²) < 4.78 is 5.43. The van der Waals surface area contributed by atoms with Gasteiger partial charge < -0.3 is 20.9 Å². The zero-order valence-corrected chi connectivity index (χ0v) is 9.85. The number of hydrogen-bond acceptors (Lipinski definition) is 4. The highest BCUT2D eigenvalue weighted by atomic mass is 16.5. The van der Waals surface area contributed by atoms with Gasteiger partial charge in [0.05, 0.1) is 12.3 Å². The number of carboxylic acid groups (broad SMARTS) is 1. The van der Waals surface area contributed by atoms with E-state index in [4.69, 9.17) is 15.6 Å². The Labute approximate surface area is 101 Å². The molecule has 0 saturated carbocycles. The highest BCUT2D eigenvalue weighted by molar-refractivity contribution is 5.73. The van der Waals surface area contributed by atoms with Crippen molar-refractivity contribution in [3.63, 3.8) is 0 Å². The lowest BCUT2D eigenvalue weighted by atomic mass is 10.2. The van der Waals surface area contributed by atoms with Gasteiger partial charge in [0.1, 0.15) is 11.8 Å². The van der Waals surface area contributed by atoms with E-state index in [1.807, 2.05) is 31.2 Å². The van der Waals surface area contributed by atoms with Crippen LogP contribution in [0.1, 0.15) is 13.3 Å². The molecule has 0 aliphatic carbocycles. The zero-order chi connectivity index (χ0) is 12.7. The molecule has 0 aliphatic rings. The molecule has 0 amide bonds. The van der Waals surface area contributed by atoms with E-state index in [2.05, 4.69) is 5.32 Å². The Kier molecular flexibility index (Phi) is 5.29. The Balaban J connectivity index is 2.48. The molecule has 4 N–H and O–H groups in total. The predicted molar refractivity (Wildman–Crippen MR) is 66.3 cm³/mol. The molecular formula is C12H18N2O3. The Morgan fingerprint density at radius 3 is 2.88 bits per heavy atom. The van der Waals surface area contributed by atoms with Crippen molar-refractivity contribution >= 4 is 11.7 Å². The van der Waals surface area contributed by atoms with Gasteiger partial charge in [0.25, 0.3) is 0 Å². The van der Waals surface area contributed by atoms with Gasteiger partial charge in [-0.2, -0.15) is 0 Å². The molecule has 1 aromatic carbocycles. The molecule has 0 radical (unpaired) electrons. The highest BCUT2D eigenvalue weighted by Gasteiger charge is 2.10. The smallest absolute Gasteiger partial charge is 0.320 e. The van der Waals surface area contributed by atoms with Crippen LogP contribution in [0, 0.1) is 0 Å². The fourth-order valence-electron chi connectivity index (χ4n) is 1.38. The first kappa shape index (κ1) is 13.3. The topological polar surface area (TPSA) is 84.6 Å². The largest absolute Gasteiger partial charge is 0.492 e. The molecule has 5 heteroatoms. The summed E-state index contributed by atoms with van der Waals surface area (Å²) in [6, 6.07) is 6.70. The molecule has 0 fully saturated rings. The molecule has 94 valence electrons. The average molecular weight is 238 g/mol. The molecule has 0 bridgehead atoms. The number of carbonyl (C=O) groups is 1. The number of benzene rings is 1. The van der Waals surface area contributed by atoms with Crippen LogP contribution in [0.25, 0.3) is 0 Å². The van der Waals surface area contributed by atoms with Gasteiger partial charge in [0, 0.05) is 6.54 Å². The van der Waals surface area contributed by atoms with E-state index in [1.165, 1.54) is 0 Å². The van der Waals surface area contributed by atoms with Crippen molar-refractivity contribution in [1.82, 2.24) is 0 Å². The lowest BCUT2D eigenvalue weighted by Gasteiger charge is -2.13. The molecular weight excluding hydrogens is 220 g/mol. The second kappa shape index (κ2) is 6.75. The van der Waals surface area contributed by atoms with Crippen molar-refractivity contribution in [1.29, 1.82) is 0 Å². The van der Waals surface area contributed by atoms with E-state index >= 15 is 0 Å². The van der Waals surface area contributed by atoms with Crippen LogP contribution in [0.3, 0.4) is 0 Å². The predicted octanol–water partition coefficient (Wildman–Crippen LogP) is 1.30. The van der Waals surface area contributed by atoms with Crippen LogP contribution in [0.15, 0.2) is 24.3 Å². The first-order chi connectivity index (χ1) is 8.15. The van der Waals surface area contributed by atoms with Gasteiger partial charge in [-0.25, -0.2) is 0 Å². The molecule has 1 aromatic rings. The Bertz CT molecular complexity index is 369. The number of rotatable bonds is 7. The molecule has 1 unspecified atom stereocenters. The summed E-state index contributed by atoms with van der Waals surface area (Å²) in [4.78, 5) is 10.5. The molecule has 17 heavy (non-hydrogen) atoms. The summed E-state index contributed by atoms with van der Waals surface area (Å²) in [5, 5.41) is 11.8. The monoisotopic (exact) mass is 238 g/mol. The van der Waals surface area contributed by atoms with Crippen molar-refractivity contribution in [2.45, 2.75) is 19.4 Å². The zero-order valence-electron chi connectivity index (χ0n) is 9.85. The first-order valence-electron chi connectivity index (χ1n) is 5.59. The second-order valence-electron chi connectivity index (χ2n) is 3.59. The number of aliphatic carboxylic acids is 1. The van der Waals surface area contributed by atoms with Crippen LogP contribution in [0.5, 0.6) is 5.75 Å². The summed E-state index contributed by atoms with van der Waals surface area (Å²) in [5.74, 6) is -0.219. The van der Waals surface area contributed by atoms with Gasteiger partial charge in [-0.15, -0.1) is 0 Å². The van der Waals surface area contributed by atoms with Gasteiger partial charge >= 0.3 is 5.97 Å². The third-order valence-electron chi connectivity index (χ3n) is 2.27. The Hall–Kier alpha value is -1.75. The summed E-state index contributed by atoms with van der Waals surface area (Å²) in [5.41, 5.74) is 6.26. The lowest BCUT2D eigenvalue weighted by molar-refractivity contribution is -0.138. The Morgan fingerprint density at radius 1 is 1.53 bits per heavy atom. The number of ether oxygens (including phenoxy) is 1. The number of anilines is 1. The number of nitrogens with one attached hydrogen (secondary N) is 1. The molecule has 0 heterocycles. The maximum atomic E-state index is 10.5.